The third-order valence-corrected chi connectivity index (χ3v) is 4.46. The number of alkyl halides is 2. The number of ether oxygens (including phenoxy) is 4. The minimum Gasteiger partial charge on any atom is -0.497 e. The topological polar surface area (TPSA) is 36.9 Å². The third kappa shape index (κ3) is 3.75. The van der Waals surface area contributed by atoms with Gasteiger partial charge >= 0.3 is 0 Å². The molecule has 0 bridgehead atoms. The molecule has 0 spiro atoms. The minimum absolute atomic E-state index is 0.0687. The summed E-state index contributed by atoms with van der Waals surface area (Å²) in [5, 5.41) is 0. The van der Waals surface area contributed by atoms with Gasteiger partial charge in [0, 0.05) is 23.3 Å². The predicted octanol–water partition coefficient (Wildman–Crippen LogP) is 5.18. The highest BCUT2D eigenvalue weighted by atomic mass is 79.9. The summed E-state index contributed by atoms with van der Waals surface area (Å²) in [5.41, 5.74) is 2.81. The van der Waals surface area contributed by atoms with E-state index in [0.29, 0.717) is 11.5 Å². The van der Waals surface area contributed by atoms with Crippen LogP contribution < -0.4 is 18.9 Å². The molecule has 0 N–H and O–H groups in total. The van der Waals surface area contributed by atoms with Crippen molar-refractivity contribution in [2.75, 3.05) is 28.4 Å². The number of hydrogen-bond donors (Lipinski definition) is 0. The van der Waals surface area contributed by atoms with E-state index in [1.54, 1.807) is 28.4 Å². The van der Waals surface area contributed by atoms with E-state index in [1.165, 1.54) is 0 Å². The van der Waals surface area contributed by atoms with Gasteiger partial charge in [-0.05, 0) is 23.8 Å². The number of rotatable bonds is 6. The number of hydrogen-bond acceptors (Lipinski definition) is 4. The second-order valence-electron chi connectivity index (χ2n) is 4.66. The first-order valence-corrected chi connectivity index (χ1v) is 8.65. The van der Waals surface area contributed by atoms with Crippen LogP contribution in [0.4, 0.5) is 0 Å². The van der Waals surface area contributed by atoms with Crippen molar-refractivity contribution < 1.29 is 18.9 Å². The smallest absolute Gasteiger partial charge is 0.130 e. The van der Waals surface area contributed by atoms with E-state index in [2.05, 4.69) is 31.9 Å². The molecule has 0 aliphatic heterocycles. The van der Waals surface area contributed by atoms with Gasteiger partial charge in [-0.3, -0.25) is 0 Å². The first kappa shape index (κ1) is 17.9. The van der Waals surface area contributed by atoms with Crippen LogP contribution >= 0.6 is 31.9 Å². The normalized spacial score (nSPS) is 10.6. The lowest BCUT2D eigenvalue weighted by Gasteiger charge is -2.19. The van der Waals surface area contributed by atoms with Crippen LogP contribution in [-0.2, 0) is 0 Å². The van der Waals surface area contributed by atoms with Crippen LogP contribution in [0.3, 0.4) is 0 Å². The van der Waals surface area contributed by atoms with E-state index in [9.17, 15) is 0 Å². The number of benzene rings is 2. The maximum absolute atomic E-state index is 5.58. The fraction of sp³-hybridized carbons (Fsp3) is 0.294. The van der Waals surface area contributed by atoms with Crippen molar-refractivity contribution in [1.82, 2.24) is 0 Å². The van der Waals surface area contributed by atoms with Gasteiger partial charge in [0.1, 0.15) is 23.0 Å². The Morgan fingerprint density at radius 2 is 1.35 bits per heavy atom. The molecule has 2 aromatic carbocycles. The zero-order chi connectivity index (χ0) is 17.0. The van der Waals surface area contributed by atoms with Crippen molar-refractivity contribution in [3.8, 4) is 34.1 Å². The predicted molar refractivity (Wildman–Crippen MR) is 98.7 cm³/mol. The molecule has 0 aliphatic carbocycles. The van der Waals surface area contributed by atoms with Crippen LogP contribution in [0.5, 0.6) is 23.0 Å². The van der Waals surface area contributed by atoms with Crippen LogP contribution in [0.25, 0.3) is 11.1 Å². The number of methoxy groups -OCH3 is 4. The first-order valence-electron chi connectivity index (χ1n) is 6.82. The molecule has 0 aliphatic rings. The SMILES string of the molecule is COc1ccc(-c2c(OC)cc(OC)cc2C(Br)Br)c(OC)c1. The van der Waals surface area contributed by atoms with Gasteiger partial charge in [0.2, 0.25) is 0 Å². The zero-order valence-corrected chi connectivity index (χ0v) is 16.5. The van der Waals surface area contributed by atoms with Gasteiger partial charge in [0.05, 0.1) is 32.2 Å². The maximum atomic E-state index is 5.58. The standard InChI is InChI=1S/C17H18Br2O4/c1-20-10-5-6-12(14(8-10)22-3)16-13(17(18)19)7-11(21-2)9-15(16)23-4/h5-9,17H,1-4H3. The van der Waals surface area contributed by atoms with Crippen molar-refractivity contribution in [3.05, 3.63) is 35.9 Å². The molecule has 0 atom stereocenters. The highest BCUT2D eigenvalue weighted by Crippen LogP contribution is 2.47. The minimum atomic E-state index is -0.0687. The van der Waals surface area contributed by atoms with E-state index in [4.69, 9.17) is 18.9 Å². The number of halogens is 2. The molecule has 124 valence electrons. The Kier molecular flexibility index (Phi) is 6.18. The van der Waals surface area contributed by atoms with Gasteiger partial charge in [0.15, 0.2) is 0 Å². The lowest BCUT2D eigenvalue weighted by Crippen LogP contribution is -1.98. The molecule has 0 heterocycles. The van der Waals surface area contributed by atoms with Crippen LogP contribution in [0.15, 0.2) is 30.3 Å². The fourth-order valence-electron chi connectivity index (χ4n) is 2.35. The molecular formula is C17H18Br2O4. The molecule has 2 aromatic rings. The highest BCUT2D eigenvalue weighted by molar-refractivity contribution is 9.24. The van der Waals surface area contributed by atoms with Crippen molar-refractivity contribution in [1.29, 1.82) is 0 Å². The van der Waals surface area contributed by atoms with E-state index in [-0.39, 0.29) is 3.74 Å². The van der Waals surface area contributed by atoms with Crippen LogP contribution in [0.2, 0.25) is 0 Å². The highest BCUT2D eigenvalue weighted by Gasteiger charge is 2.21. The second kappa shape index (κ2) is 7.93. The Bertz CT molecular complexity index is 687. The molecule has 0 fully saturated rings. The Hall–Kier alpha value is -1.40. The third-order valence-electron chi connectivity index (χ3n) is 3.47. The average Bonchev–Trinajstić information content (AvgIpc) is 2.59. The largest absolute Gasteiger partial charge is 0.497 e. The summed E-state index contributed by atoms with van der Waals surface area (Å²) < 4.78 is 21.7. The summed E-state index contributed by atoms with van der Waals surface area (Å²) in [5.74, 6) is 2.85. The molecule has 2 rings (SSSR count). The summed E-state index contributed by atoms with van der Waals surface area (Å²) >= 11 is 7.14. The summed E-state index contributed by atoms with van der Waals surface area (Å²) in [4.78, 5) is 0. The van der Waals surface area contributed by atoms with Gasteiger partial charge in [-0.25, -0.2) is 0 Å². The monoisotopic (exact) mass is 444 g/mol. The molecule has 0 radical (unpaired) electrons. The molecule has 0 aromatic heterocycles. The van der Waals surface area contributed by atoms with E-state index >= 15 is 0 Å². The van der Waals surface area contributed by atoms with Gasteiger partial charge in [0.25, 0.3) is 0 Å². The van der Waals surface area contributed by atoms with Gasteiger partial charge in [-0.1, -0.05) is 31.9 Å². The molecule has 0 saturated heterocycles. The maximum Gasteiger partial charge on any atom is 0.130 e. The average molecular weight is 446 g/mol. The van der Waals surface area contributed by atoms with E-state index in [1.807, 2.05) is 30.3 Å². The van der Waals surface area contributed by atoms with Crippen LogP contribution in [0.1, 0.15) is 9.30 Å². The lowest BCUT2D eigenvalue weighted by atomic mass is 9.98. The molecule has 6 heteroatoms. The first-order chi connectivity index (χ1) is 11.0. The van der Waals surface area contributed by atoms with Gasteiger partial charge in [-0.2, -0.15) is 0 Å². The summed E-state index contributed by atoms with van der Waals surface area (Å²) in [7, 11) is 6.52. The van der Waals surface area contributed by atoms with Crippen LogP contribution in [-0.4, -0.2) is 28.4 Å². The molecule has 0 saturated carbocycles. The van der Waals surface area contributed by atoms with Crippen molar-refractivity contribution in [2.24, 2.45) is 0 Å². The Morgan fingerprint density at radius 1 is 0.739 bits per heavy atom. The molecule has 4 nitrogen and oxygen atoms in total. The van der Waals surface area contributed by atoms with E-state index in [0.717, 1.165) is 28.2 Å². The van der Waals surface area contributed by atoms with Crippen LogP contribution in [0, 0.1) is 0 Å². The van der Waals surface area contributed by atoms with E-state index < -0.39 is 0 Å². The second-order valence-corrected chi connectivity index (χ2v) is 7.72. The summed E-state index contributed by atoms with van der Waals surface area (Å²) in [6, 6.07) is 9.50. The summed E-state index contributed by atoms with van der Waals surface area (Å²) in [6.07, 6.45) is 0. The molecule has 0 amide bonds. The molecular weight excluding hydrogens is 428 g/mol. The summed E-state index contributed by atoms with van der Waals surface area (Å²) in [6.45, 7) is 0. The fourth-order valence-corrected chi connectivity index (χ4v) is 3.08. The Labute approximate surface area is 153 Å². The van der Waals surface area contributed by atoms with Gasteiger partial charge < -0.3 is 18.9 Å². The Morgan fingerprint density at radius 3 is 1.87 bits per heavy atom. The van der Waals surface area contributed by atoms with Crippen molar-refractivity contribution >= 4 is 31.9 Å². The lowest BCUT2D eigenvalue weighted by molar-refractivity contribution is 0.391. The quantitative estimate of drug-likeness (QED) is 0.574. The molecule has 23 heavy (non-hydrogen) atoms. The van der Waals surface area contributed by atoms with Crippen molar-refractivity contribution in [2.45, 2.75) is 3.74 Å². The van der Waals surface area contributed by atoms with Gasteiger partial charge in [-0.15, -0.1) is 0 Å². The van der Waals surface area contributed by atoms with Crippen molar-refractivity contribution in [3.63, 3.8) is 0 Å². The molecule has 0 unspecified atom stereocenters. The Balaban J connectivity index is 2.75. The zero-order valence-electron chi connectivity index (χ0n) is 13.4.